The lowest BCUT2D eigenvalue weighted by Crippen LogP contribution is -2.22. The molecule has 0 bridgehead atoms. The molecule has 3 rings (SSSR count). The minimum atomic E-state index is -0.330. The van der Waals surface area contributed by atoms with Gasteiger partial charge in [-0.3, -0.25) is 4.98 Å². The van der Waals surface area contributed by atoms with Gasteiger partial charge in [0.2, 0.25) is 0 Å². The number of anilines is 2. The number of nitrogens with two attached hydrogens (primary N) is 1. The number of benzene rings is 1. The van der Waals surface area contributed by atoms with Gasteiger partial charge < -0.3 is 16.0 Å². The molecule has 21 heavy (non-hydrogen) atoms. The molecule has 0 aliphatic carbocycles. The molecule has 1 aliphatic rings. The molecule has 1 aromatic carbocycles. The molecule has 2 heterocycles. The lowest BCUT2D eigenvalue weighted by Gasteiger charge is -2.16. The van der Waals surface area contributed by atoms with Crippen LogP contribution in [-0.4, -0.2) is 36.1 Å². The van der Waals surface area contributed by atoms with Crippen LogP contribution in [0.15, 0.2) is 24.4 Å². The third kappa shape index (κ3) is 2.78. The lowest BCUT2D eigenvalue weighted by molar-refractivity contribution is 0.345. The van der Waals surface area contributed by atoms with Gasteiger partial charge in [-0.25, -0.2) is 4.39 Å². The van der Waals surface area contributed by atoms with Crippen LogP contribution in [0.25, 0.3) is 10.9 Å². The molecule has 3 N–H and O–H groups in total. The molecule has 1 atom stereocenters. The van der Waals surface area contributed by atoms with Gasteiger partial charge in [0.1, 0.15) is 0 Å². The zero-order valence-corrected chi connectivity index (χ0v) is 12.3. The van der Waals surface area contributed by atoms with Gasteiger partial charge >= 0.3 is 0 Å². The van der Waals surface area contributed by atoms with Crippen molar-refractivity contribution >= 4 is 22.3 Å². The molecule has 0 amide bonds. The van der Waals surface area contributed by atoms with Crippen LogP contribution < -0.4 is 11.1 Å². The minimum Gasteiger partial charge on any atom is -0.398 e. The highest BCUT2D eigenvalue weighted by Gasteiger charge is 2.21. The predicted molar refractivity (Wildman–Crippen MR) is 84.8 cm³/mol. The van der Waals surface area contributed by atoms with E-state index in [2.05, 4.69) is 22.1 Å². The zero-order chi connectivity index (χ0) is 14.8. The van der Waals surface area contributed by atoms with E-state index in [4.69, 9.17) is 5.73 Å². The van der Waals surface area contributed by atoms with Crippen LogP contribution in [0.4, 0.5) is 15.8 Å². The van der Waals surface area contributed by atoms with E-state index in [-0.39, 0.29) is 5.82 Å². The topological polar surface area (TPSA) is 54.2 Å². The molecule has 2 aromatic rings. The average Bonchev–Trinajstić information content (AvgIpc) is 2.95. The largest absolute Gasteiger partial charge is 0.398 e. The molecule has 0 spiro atoms. The smallest absolute Gasteiger partial charge is 0.150 e. The Morgan fingerprint density at radius 1 is 1.52 bits per heavy atom. The number of nitrogen functional groups attached to an aromatic ring is 1. The first-order valence-electron chi connectivity index (χ1n) is 7.48. The van der Waals surface area contributed by atoms with Crippen molar-refractivity contribution in [2.24, 2.45) is 5.92 Å². The van der Waals surface area contributed by atoms with E-state index < -0.39 is 0 Å². The summed E-state index contributed by atoms with van der Waals surface area (Å²) in [7, 11) is 0. The molecule has 1 saturated heterocycles. The Morgan fingerprint density at radius 2 is 2.38 bits per heavy atom. The quantitative estimate of drug-likeness (QED) is 0.849. The fourth-order valence-corrected chi connectivity index (χ4v) is 3.02. The van der Waals surface area contributed by atoms with Gasteiger partial charge in [-0.05, 0) is 43.6 Å². The highest BCUT2D eigenvalue weighted by molar-refractivity contribution is 5.98. The van der Waals surface area contributed by atoms with Crippen molar-refractivity contribution in [1.29, 1.82) is 0 Å². The molecule has 1 aliphatic heterocycles. The predicted octanol–water partition coefficient (Wildman–Crippen LogP) is 2.71. The molecule has 4 nitrogen and oxygen atoms in total. The number of fused-ring (bicyclic) bond motifs is 1. The normalized spacial score (nSPS) is 19.2. The number of halogens is 1. The van der Waals surface area contributed by atoms with Crippen LogP contribution in [-0.2, 0) is 0 Å². The van der Waals surface area contributed by atoms with E-state index in [1.54, 1.807) is 6.20 Å². The van der Waals surface area contributed by atoms with E-state index in [9.17, 15) is 4.39 Å². The molecule has 0 saturated carbocycles. The first kappa shape index (κ1) is 14.1. The van der Waals surface area contributed by atoms with E-state index in [0.717, 1.165) is 38.0 Å². The van der Waals surface area contributed by atoms with Crippen molar-refractivity contribution in [3.8, 4) is 0 Å². The summed E-state index contributed by atoms with van der Waals surface area (Å²) >= 11 is 0. The summed E-state index contributed by atoms with van der Waals surface area (Å²) < 4.78 is 14.2. The monoisotopic (exact) mass is 288 g/mol. The van der Waals surface area contributed by atoms with Crippen LogP contribution in [0.3, 0.4) is 0 Å². The van der Waals surface area contributed by atoms with Gasteiger partial charge in [0, 0.05) is 30.4 Å². The third-order valence-corrected chi connectivity index (χ3v) is 4.26. The maximum Gasteiger partial charge on any atom is 0.150 e. The SMILES string of the molecule is CCN1CCC(CNc2c(F)cc(N)c3cccnc23)C1. The van der Waals surface area contributed by atoms with Crippen molar-refractivity contribution in [2.75, 3.05) is 37.2 Å². The van der Waals surface area contributed by atoms with E-state index in [1.165, 1.54) is 6.07 Å². The van der Waals surface area contributed by atoms with Crippen LogP contribution in [0.5, 0.6) is 0 Å². The molecular weight excluding hydrogens is 267 g/mol. The van der Waals surface area contributed by atoms with Crippen molar-refractivity contribution in [3.63, 3.8) is 0 Å². The number of nitrogens with one attached hydrogen (secondary N) is 1. The molecular formula is C16H21FN4. The molecule has 112 valence electrons. The number of rotatable bonds is 4. The Labute approximate surface area is 124 Å². The van der Waals surface area contributed by atoms with E-state index >= 15 is 0 Å². The van der Waals surface area contributed by atoms with Gasteiger partial charge in [0.05, 0.1) is 11.2 Å². The molecule has 1 aromatic heterocycles. The second-order valence-electron chi connectivity index (χ2n) is 5.65. The second-order valence-corrected chi connectivity index (χ2v) is 5.65. The average molecular weight is 288 g/mol. The van der Waals surface area contributed by atoms with Crippen LogP contribution in [0.1, 0.15) is 13.3 Å². The summed E-state index contributed by atoms with van der Waals surface area (Å²) in [5, 5.41) is 4.04. The Balaban J connectivity index is 1.81. The maximum atomic E-state index is 14.2. The maximum absolute atomic E-state index is 14.2. The summed E-state index contributed by atoms with van der Waals surface area (Å²) in [6.07, 6.45) is 2.82. The Hall–Kier alpha value is -1.88. The molecule has 1 fully saturated rings. The number of hydrogen-bond donors (Lipinski definition) is 2. The summed E-state index contributed by atoms with van der Waals surface area (Å²) in [4.78, 5) is 6.70. The van der Waals surface area contributed by atoms with Crippen LogP contribution in [0, 0.1) is 11.7 Å². The minimum absolute atomic E-state index is 0.330. The van der Waals surface area contributed by atoms with Gasteiger partial charge in [0.15, 0.2) is 5.82 Å². The number of aromatic nitrogens is 1. The van der Waals surface area contributed by atoms with Gasteiger partial charge in [-0.1, -0.05) is 6.92 Å². The second kappa shape index (κ2) is 5.85. The Kier molecular flexibility index (Phi) is 3.92. The van der Waals surface area contributed by atoms with Gasteiger partial charge in [0.25, 0.3) is 0 Å². The summed E-state index contributed by atoms with van der Waals surface area (Å²) in [6.45, 7) is 6.23. The first-order valence-corrected chi connectivity index (χ1v) is 7.48. The van der Waals surface area contributed by atoms with Gasteiger partial charge in [-0.15, -0.1) is 0 Å². The highest BCUT2D eigenvalue weighted by Crippen LogP contribution is 2.30. The molecule has 1 unspecified atom stereocenters. The third-order valence-electron chi connectivity index (χ3n) is 4.26. The van der Waals surface area contributed by atoms with Crippen molar-refractivity contribution in [2.45, 2.75) is 13.3 Å². The molecule has 5 heteroatoms. The number of pyridine rings is 1. The van der Waals surface area contributed by atoms with Crippen molar-refractivity contribution in [3.05, 3.63) is 30.2 Å². The lowest BCUT2D eigenvalue weighted by atomic mass is 10.1. The van der Waals surface area contributed by atoms with Crippen molar-refractivity contribution in [1.82, 2.24) is 9.88 Å². The Bertz CT molecular complexity index is 643. The number of nitrogens with zero attached hydrogens (tertiary/aromatic N) is 2. The van der Waals surface area contributed by atoms with Crippen molar-refractivity contribution < 1.29 is 4.39 Å². The zero-order valence-electron chi connectivity index (χ0n) is 12.3. The Morgan fingerprint density at radius 3 is 3.14 bits per heavy atom. The van der Waals surface area contributed by atoms with E-state index in [0.29, 0.717) is 22.8 Å². The molecule has 0 radical (unpaired) electrons. The summed E-state index contributed by atoms with van der Waals surface area (Å²) in [6, 6.07) is 5.06. The van der Waals surface area contributed by atoms with E-state index in [1.807, 2.05) is 12.1 Å². The van der Waals surface area contributed by atoms with Crippen LogP contribution >= 0.6 is 0 Å². The fourth-order valence-electron chi connectivity index (χ4n) is 3.02. The summed E-state index contributed by atoms with van der Waals surface area (Å²) in [5.41, 5.74) is 7.37. The van der Waals surface area contributed by atoms with Crippen LogP contribution in [0.2, 0.25) is 0 Å². The standard InChI is InChI=1S/C16H21FN4/c1-2-21-7-5-11(10-21)9-20-16-13(17)8-14(18)12-4-3-6-19-15(12)16/h3-4,6,8,11,20H,2,5,7,9-10,18H2,1H3. The highest BCUT2D eigenvalue weighted by atomic mass is 19.1. The summed E-state index contributed by atoms with van der Waals surface area (Å²) in [5.74, 6) is 0.227. The number of likely N-dealkylation sites (tertiary alicyclic amines) is 1. The van der Waals surface area contributed by atoms with Gasteiger partial charge in [-0.2, -0.15) is 0 Å². The number of hydrogen-bond acceptors (Lipinski definition) is 4. The fraction of sp³-hybridized carbons (Fsp3) is 0.438. The first-order chi connectivity index (χ1) is 10.2.